The van der Waals surface area contributed by atoms with Gasteiger partial charge in [0.05, 0.1) is 15.2 Å². The fourth-order valence-corrected chi connectivity index (χ4v) is 6.46. The van der Waals surface area contributed by atoms with Gasteiger partial charge < -0.3 is 5.32 Å². The molecule has 0 saturated carbocycles. The predicted octanol–water partition coefficient (Wildman–Crippen LogP) is 5.26. The molecule has 1 unspecified atom stereocenters. The van der Waals surface area contributed by atoms with Crippen molar-refractivity contribution >= 4 is 54.7 Å². The first-order valence-electron chi connectivity index (χ1n) is 7.66. The Morgan fingerprint density at radius 1 is 1.41 bits per heavy atom. The summed E-state index contributed by atoms with van der Waals surface area (Å²) in [5, 5.41) is 4.87. The zero-order chi connectivity index (χ0) is 15.4. The lowest BCUT2D eigenvalue weighted by Crippen LogP contribution is -2.11. The number of unbranched alkanes of at least 4 members (excludes halogenated alkanes) is 1. The summed E-state index contributed by atoms with van der Waals surface area (Å²) in [6.45, 7) is 2.00. The summed E-state index contributed by atoms with van der Waals surface area (Å²) in [5.74, 6) is 1.41. The van der Waals surface area contributed by atoms with E-state index in [1.54, 1.807) is 11.3 Å². The smallest absolute Gasteiger partial charge is 0.224 e. The van der Waals surface area contributed by atoms with E-state index in [0.29, 0.717) is 6.42 Å². The van der Waals surface area contributed by atoms with Gasteiger partial charge >= 0.3 is 0 Å². The first-order valence-corrected chi connectivity index (χ1v) is 10.9. The lowest BCUT2D eigenvalue weighted by molar-refractivity contribution is -0.116. The van der Waals surface area contributed by atoms with Crippen molar-refractivity contribution in [3.63, 3.8) is 0 Å². The van der Waals surface area contributed by atoms with Crippen molar-refractivity contribution in [3.8, 4) is 0 Å². The maximum Gasteiger partial charge on any atom is 0.224 e. The van der Waals surface area contributed by atoms with Crippen LogP contribution in [0.25, 0.3) is 10.2 Å². The van der Waals surface area contributed by atoms with Crippen LogP contribution >= 0.6 is 32.9 Å². The summed E-state index contributed by atoms with van der Waals surface area (Å²) in [7, 11) is 4.00. The summed E-state index contributed by atoms with van der Waals surface area (Å²) < 4.78 is 1.13. The molecule has 1 aromatic heterocycles. The van der Waals surface area contributed by atoms with Crippen molar-refractivity contribution < 1.29 is 4.79 Å². The minimum absolute atomic E-state index is 0.119. The van der Waals surface area contributed by atoms with Gasteiger partial charge in [-0.2, -0.15) is 0 Å². The van der Waals surface area contributed by atoms with E-state index in [1.807, 2.05) is 46.7 Å². The number of fused-ring (bicyclic) bond motifs is 1. The van der Waals surface area contributed by atoms with Crippen molar-refractivity contribution in [2.45, 2.75) is 44.3 Å². The Morgan fingerprint density at radius 3 is 3.14 bits per heavy atom. The highest BCUT2D eigenvalue weighted by molar-refractivity contribution is 8.77. The zero-order valence-corrected chi connectivity index (χ0v) is 15.1. The molecule has 2 heterocycles. The first kappa shape index (κ1) is 16.1. The molecule has 1 fully saturated rings. The molecule has 1 saturated heterocycles. The number of nitrogens with zero attached hydrogens (tertiary/aromatic N) is 1. The first-order chi connectivity index (χ1) is 10.7. The van der Waals surface area contributed by atoms with Crippen molar-refractivity contribution in [1.82, 2.24) is 4.98 Å². The highest BCUT2D eigenvalue weighted by Gasteiger charge is 2.15. The molecule has 22 heavy (non-hydrogen) atoms. The second-order valence-electron chi connectivity index (χ2n) is 5.54. The summed E-state index contributed by atoms with van der Waals surface area (Å²) in [5.41, 5.74) is 1.89. The number of carbonyl (C=O) groups excluding carboxylic acids is 1. The molecule has 0 radical (unpaired) electrons. The summed E-state index contributed by atoms with van der Waals surface area (Å²) in [6, 6.07) is 5.93. The Hall–Kier alpha value is -0.720. The van der Waals surface area contributed by atoms with Crippen LogP contribution in [-0.4, -0.2) is 21.9 Å². The number of amides is 1. The average Bonchev–Trinajstić information content (AvgIpc) is 3.11. The van der Waals surface area contributed by atoms with Gasteiger partial charge in [0.1, 0.15) is 0 Å². The molecule has 3 nitrogen and oxygen atoms in total. The van der Waals surface area contributed by atoms with Crippen LogP contribution in [0.5, 0.6) is 0 Å². The second-order valence-corrected chi connectivity index (χ2v) is 9.56. The molecule has 1 amide bonds. The summed E-state index contributed by atoms with van der Waals surface area (Å²) >= 11 is 1.66. The van der Waals surface area contributed by atoms with Crippen LogP contribution < -0.4 is 5.32 Å². The number of anilines is 1. The third kappa shape index (κ3) is 4.40. The number of rotatable bonds is 6. The number of benzene rings is 1. The Labute approximate surface area is 143 Å². The fraction of sp³-hybridized carbons (Fsp3) is 0.500. The van der Waals surface area contributed by atoms with Crippen LogP contribution in [0, 0.1) is 6.92 Å². The van der Waals surface area contributed by atoms with Crippen LogP contribution in [-0.2, 0) is 4.79 Å². The number of thiazole rings is 1. The van der Waals surface area contributed by atoms with E-state index in [2.05, 4.69) is 10.3 Å². The van der Waals surface area contributed by atoms with Gasteiger partial charge in [0.2, 0.25) is 5.91 Å². The highest BCUT2D eigenvalue weighted by Crippen LogP contribution is 2.39. The third-order valence-electron chi connectivity index (χ3n) is 3.69. The maximum absolute atomic E-state index is 12.0. The molecule has 1 aliphatic heterocycles. The Balaban J connectivity index is 1.43. The fourth-order valence-electron chi connectivity index (χ4n) is 2.56. The van der Waals surface area contributed by atoms with Gasteiger partial charge in [-0.05, 0) is 44.4 Å². The number of hydrogen-bond donors (Lipinski definition) is 1. The Kier molecular flexibility index (Phi) is 5.66. The molecule has 1 N–H and O–H groups in total. The van der Waals surface area contributed by atoms with Gasteiger partial charge in [-0.1, -0.05) is 28.0 Å². The molecular formula is C16H20N2OS3. The maximum atomic E-state index is 12.0. The molecule has 2 aromatic rings. The Morgan fingerprint density at radius 2 is 2.32 bits per heavy atom. The highest BCUT2D eigenvalue weighted by atomic mass is 33.1. The Bertz CT molecular complexity index is 650. The predicted molar refractivity (Wildman–Crippen MR) is 99.9 cm³/mol. The van der Waals surface area contributed by atoms with Crippen LogP contribution in [0.1, 0.15) is 37.1 Å². The lowest BCUT2D eigenvalue weighted by atomic mass is 10.1. The molecule has 118 valence electrons. The van der Waals surface area contributed by atoms with Crippen LogP contribution in [0.15, 0.2) is 18.2 Å². The van der Waals surface area contributed by atoms with E-state index in [1.165, 1.54) is 18.6 Å². The molecule has 1 atom stereocenters. The summed E-state index contributed by atoms with van der Waals surface area (Å²) in [6.07, 6.45) is 5.32. The SMILES string of the molecule is Cc1nc2ccc(NC(=O)CCCCC3CCSS3)cc2s1. The van der Waals surface area contributed by atoms with E-state index in [4.69, 9.17) is 0 Å². The van der Waals surface area contributed by atoms with Crippen molar-refractivity contribution in [3.05, 3.63) is 23.2 Å². The van der Waals surface area contributed by atoms with E-state index >= 15 is 0 Å². The number of nitrogens with one attached hydrogen (secondary N) is 1. The third-order valence-corrected chi connectivity index (χ3v) is 7.63. The topological polar surface area (TPSA) is 42.0 Å². The largest absolute Gasteiger partial charge is 0.326 e. The molecule has 6 heteroatoms. The molecule has 1 aromatic carbocycles. The van der Waals surface area contributed by atoms with Gasteiger partial charge in [0.15, 0.2) is 0 Å². The van der Waals surface area contributed by atoms with Gasteiger partial charge in [-0.25, -0.2) is 4.98 Å². The number of carbonyl (C=O) groups is 1. The molecule has 0 bridgehead atoms. The zero-order valence-electron chi connectivity index (χ0n) is 12.6. The normalized spacial score (nSPS) is 18.0. The van der Waals surface area contributed by atoms with Crippen LogP contribution in [0.4, 0.5) is 5.69 Å². The van der Waals surface area contributed by atoms with Gasteiger partial charge in [-0.15, -0.1) is 11.3 Å². The van der Waals surface area contributed by atoms with E-state index in [-0.39, 0.29) is 5.91 Å². The van der Waals surface area contributed by atoms with Crippen LogP contribution in [0.2, 0.25) is 0 Å². The minimum atomic E-state index is 0.119. The number of aryl methyl sites for hydroxylation is 1. The monoisotopic (exact) mass is 352 g/mol. The van der Waals surface area contributed by atoms with Crippen molar-refractivity contribution in [2.24, 2.45) is 0 Å². The second kappa shape index (κ2) is 7.70. The van der Waals surface area contributed by atoms with Gasteiger partial charge in [0, 0.05) is 23.1 Å². The van der Waals surface area contributed by atoms with E-state index in [0.717, 1.165) is 39.0 Å². The molecule has 3 rings (SSSR count). The molecule has 1 aliphatic rings. The van der Waals surface area contributed by atoms with Crippen LogP contribution in [0.3, 0.4) is 0 Å². The number of aromatic nitrogens is 1. The standard InChI is InChI=1S/C16H20N2OS3/c1-11-17-14-7-6-12(10-15(14)21-11)18-16(19)5-3-2-4-13-8-9-20-22-13/h6-7,10,13H,2-5,8-9H2,1H3,(H,18,19). The van der Waals surface area contributed by atoms with Gasteiger partial charge in [0.25, 0.3) is 0 Å². The quantitative estimate of drug-likeness (QED) is 0.569. The molecular weight excluding hydrogens is 332 g/mol. The molecule has 0 spiro atoms. The van der Waals surface area contributed by atoms with E-state index in [9.17, 15) is 4.79 Å². The van der Waals surface area contributed by atoms with Gasteiger partial charge in [-0.3, -0.25) is 4.79 Å². The number of hydrogen-bond acceptors (Lipinski definition) is 5. The molecule has 0 aliphatic carbocycles. The van der Waals surface area contributed by atoms with Crippen molar-refractivity contribution in [1.29, 1.82) is 0 Å². The van der Waals surface area contributed by atoms with E-state index < -0.39 is 0 Å². The minimum Gasteiger partial charge on any atom is -0.326 e. The summed E-state index contributed by atoms with van der Waals surface area (Å²) in [4.78, 5) is 16.5. The lowest BCUT2D eigenvalue weighted by Gasteiger charge is -2.07. The average molecular weight is 353 g/mol. The van der Waals surface area contributed by atoms with Crippen molar-refractivity contribution in [2.75, 3.05) is 11.1 Å².